The van der Waals surface area contributed by atoms with Crippen molar-refractivity contribution in [2.75, 3.05) is 32.1 Å². The van der Waals surface area contributed by atoms with Crippen LogP contribution in [0, 0.1) is 0 Å². The molecule has 0 amide bonds. The highest BCUT2D eigenvalue weighted by Crippen LogP contribution is 2.41. The van der Waals surface area contributed by atoms with Gasteiger partial charge in [0.15, 0.2) is 0 Å². The van der Waals surface area contributed by atoms with Crippen LogP contribution in [0.3, 0.4) is 0 Å². The van der Waals surface area contributed by atoms with Crippen molar-refractivity contribution < 1.29 is 9.32 Å². The summed E-state index contributed by atoms with van der Waals surface area (Å²) in [5.41, 5.74) is 1.83. The average Bonchev–Trinajstić information content (AvgIpc) is 2.51. The molecule has 0 aromatic heterocycles. The lowest BCUT2D eigenvalue weighted by Gasteiger charge is -2.34. The number of hydrogen-bond acceptors (Lipinski definition) is 4. The summed E-state index contributed by atoms with van der Waals surface area (Å²) in [5, 5.41) is 10.3. The van der Waals surface area contributed by atoms with Crippen molar-refractivity contribution in [2.24, 2.45) is 0 Å². The van der Waals surface area contributed by atoms with Gasteiger partial charge in [-0.25, -0.2) is 4.21 Å². The number of rotatable bonds is 4. The van der Waals surface area contributed by atoms with Crippen molar-refractivity contribution in [1.29, 1.82) is 0 Å². The van der Waals surface area contributed by atoms with E-state index in [0.29, 0.717) is 13.1 Å². The minimum atomic E-state index is -1.17. The third kappa shape index (κ3) is 3.58. The lowest BCUT2D eigenvalue weighted by Crippen LogP contribution is -2.37. The van der Waals surface area contributed by atoms with E-state index < -0.39 is 16.9 Å². The predicted molar refractivity (Wildman–Crippen MR) is 96.4 cm³/mol. The molecule has 0 aliphatic carbocycles. The number of anilines is 2. The molecule has 0 radical (unpaired) electrons. The molecule has 0 saturated carbocycles. The standard InChI is InChI=1S/C17H20N2O2S.ClH/c1-18(2)11-13(20)12-19-14-7-3-5-9-16(14)22(21)17-10-6-4-8-15(17)19;/h3-10,13,20H,11-12H2,1-2H3;1H. The van der Waals surface area contributed by atoms with E-state index in [-0.39, 0.29) is 12.4 Å². The Morgan fingerprint density at radius 2 is 1.52 bits per heavy atom. The highest BCUT2D eigenvalue weighted by molar-refractivity contribution is 7.85. The molecule has 124 valence electrons. The third-order valence-electron chi connectivity index (χ3n) is 3.68. The Kier molecular flexibility index (Phi) is 5.81. The number of para-hydroxylation sites is 2. The third-order valence-corrected chi connectivity index (χ3v) is 5.17. The molecule has 0 fully saturated rings. The van der Waals surface area contributed by atoms with Crippen LogP contribution < -0.4 is 4.90 Å². The molecular weight excluding hydrogens is 332 g/mol. The number of benzene rings is 2. The second kappa shape index (κ2) is 7.45. The molecule has 1 heterocycles. The van der Waals surface area contributed by atoms with Gasteiger partial charge in [-0.3, -0.25) is 0 Å². The molecule has 2 aromatic rings. The van der Waals surface area contributed by atoms with E-state index in [1.54, 1.807) is 0 Å². The zero-order chi connectivity index (χ0) is 15.7. The molecule has 2 aromatic carbocycles. The van der Waals surface area contributed by atoms with Crippen molar-refractivity contribution in [3.8, 4) is 0 Å². The predicted octanol–water partition coefficient (Wildman–Crippen LogP) is 2.65. The molecule has 1 aliphatic heterocycles. The Morgan fingerprint density at radius 1 is 1.04 bits per heavy atom. The quantitative estimate of drug-likeness (QED) is 0.918. The van der Waals surface area contributed by atoms with E-state index in [4.69, 9.17) is 0 Å². The summed E-state index contributed by atoms with van der Waals surface area (Å²) >= 11 is 0. The Labute approximate surface area is 145 Å². The summed E-state index contributed by atoms with van der Waals surface area (Å²) < 4.78 is 12.7. The second-order valence-corrected chi connectivity index (χ2v) is 7.15. The van der Waals surface area contributed by atoms with Gasteiger partial charge in [-0.1, -0.05) is 24.3 Å². The molecule has 3 rings (SSSR count). The van der Waals surface area contributed by atoms with Gasteiger partial charge in [0.05, 0.1) is 44.6 Å². The van der Waals surface area contributed by atoms with Crippen molar-refractivity contribution in [3.05, 3.63) is 48.5 Å². The minimum absolute atomic E-state index is 0. The number of nitrogens with zero attached hydrogens (tertiary/aromatic N) is 2. The first kappa shape index (κ1) is 17.9. The zero-order valence-corrected chi connectivity index (χ0v) is 14.8. The molecule has 1 unspecified atom stereocenters. The van der Waals surface area contributed by atoms with Crippen LogP contribution in [0.15, 0.2) is 58.3 Å². The lowest BCUT2D eigenvalue weighted by molar-refractivity contribution is 0.143. The average molecular weight is 353 g/mol. The monoisotopic (exact) mass is 352 g/mol. The van der Waals surface area contributed by atoms with Gasteiger partial charge >= 0.3 is 0 Å². The fraction of sp³-hybridized carbons (Fsp3) is 0.294. The first-order valence-electron chi connectivity index (χ1n) is 7.28. The van der Waals surface area contributed by atoms with Crippen LogP contribution >= 0.6 is 12.4 Å². The number of aliphatic hydroxyl groups is 1. The van der Waals surface area contributed by atoms with Crippen LogP contribution in [0.4, 0.5) is 11.4 Å². The van der Waals surface area contributed by atoms with Crippen molar-refractivity contribution >= 4 is 34.6 Å². The number of aliphatic hydroxyl groups excluding tert-OH is 1. The van der Waals surface area contributed by atoms with Crippen LogP contribution in [0.5, 0.6) is 0 Å². The molecule has 6 heteroatoms. The molecular formula is C17H21ClN2O2S. The van der Waals surface area contributed by atoms with E-state index in [0.717, 1.165) is 21.2 Å². The molecule has 1 atom stereocenters. The number of likely N-dealkylation sites (N-methyl/N-ethyl adjacent to an activating group) is 1. The summed E-state index contributed by atoms with van der Waals surface area (Å²) in [6.07, 6.45) is -0.484. The number of fused-ring (bicyclic) bond motifs is 2. The van der Waals surface area contributed by atoms with Crippen LogP contribution in [0.25, 0.3) is 0 Å². The number of halogens is 1. The molecule has 1 aliphatic rings. The van der Waals surface area contributed by atoms with E-state index in [9.17, 15) is 9.32 Å². The summed E-state index contributed by atoms with van der Waals surface area (Å²) in [5.74, 6) is 0. The van der Waals surface area contributed by atoms with E-state index in [2.05, 4.69) is 4.90 Å². The van der Waals surface area contributed by atoms with Gasteiger partial charge in [0.1, 0.15) is 0 Å². The lowest BCUT2D eigenvalue weighted by atomic mass is 10.2. The largest absolute Gasteiger partial charge is 0.390 e. The Hall–Kier alpha value is -1.40. The first-order valence-corrected chi connectivity index (χ1v) is 8.43. The maximum absolute atomic E-state index is 12.7. The summed E-state index contributed by atoms with van der Waals surface area (Å²) in [6, 6.07) is 15.4. The normalized spacial score (nSPS) is 14.9. The molecule has 1 N–H and O–H groups in total. The van der Waals surface area contributed by atoms with Gasteiger partial charge in [0.2, 0.25) is 0 Å². The fourth-order valence-corrected chi connectivity index (χ4v) is 4.19. The van der Waals surface area contributed by atoms with Crippen LogP contribution in [0.2, 0.25) is 0 Å². The number of β-amino-alcohol motifs (C(OH)–C–C–N with tert-alkyl or cyclic N) is 1. The highest BCUT2D eigenvalue weighted by Gasteiger charge is 2.28. The maximum atomic E-state index is 12.7. The molecule has 23 heavy (non-hydrogen) atoms. The first-order chi connectivity index (χ1) is 10.6. The Balaban J connectivity index is 0.00000192. The van der Waals surface area contributed by atoms with Gasteiger partial charge in [-0.15, -0.1) is 12.4 Å². The molecule has 4 nitrogen and oxygen atoms in total. The SMILES string of the molecule is CN(C)CC(O)CN1c2ccccc2S(=O)c2ccccc21.Cl. The van der Waals surface area contributed by atoms with E-state index in [1.807, 2.05) is 67.5 Å². The van der Waals surface area contributed by atoms with Crippen LogP contribution in [-0.2, 0) is 10.8 Å². The summed E-state index contributed by atoms with van der Waals surface area (Å²) in [6.45, 7) is 1.06. The zero-order valence-electron chi connectivity index (χ0n) is 13.2. The number of hydrogen-bond donors (Lipinski definition) is 1. The second-order valence-electron chi connectivity index (χ2n) is 5.73. The van der Waals surface area contributed by atoms with Crippen molar-refractivity contribution in [3.63, 3.8) is 0 Å². The Morgan fingerprint density at radius 3 is 2.00 bits per heavy atom. The molecule has 0 bridgehead atoms. The molecule has 0 spiro atoms. The van der Waals surface area contributed by atoms with Gasteiger partial charge in [-0.2, -0.15) is 0 Å². The van der Waals surface area contributed by atoms with E-state index >= 15 is 0 Å². The summed E-state index contributed by atoms with van der Waals surface area (Å²) in [4.78, 5) is 5.64. The van der Waals surface area contributed by atoms with Gasteiger partial charge in [0.25, 0.3) is 0 Å². The molecule has 0 saturated heterocycles. The van der Waals surface area contributed by atoms with Gasteiger partial charge in [-0.05, 0) is 38.4 Å². The smallest absolute Gasteiger partial charge is 0.0892 e. The van der Waals surface area contributed by atoms with Crippen molar-refractivity contribution in [1.82, 2.24) is 4.90 Å². The summed E-state index contributed by atoms with van der Waals surface area (Å²) in [7, 11) is 2.71. The highest BCUT2D eigenvalue weighted by atomic mass is 35.5. The topological polar surface area (TPSA) is 43.8 Å². The van der Waals surface area contributed by atoms with E-state index in [1.165, 1.54) is 0 Å². The fourth-order valence-electron chi connectivity index (χ4n) is 2.81. The van der Waals surface area contributed by atoms with Gasteiger partial charge in [0, 0.05) is 6.54 Å². The maximum Gasteiger partial charge on any atom is 0.0892 e. The van der Waals surface area contributed by atoms with Gasteiger partial charge < -0.3 is 14.9 Å². The van der Waals surface area contributed by atoms with Crippen LogP contribution in [-0.4, -0.2) is 47.5 Å². The minimum Gasteiger partial charge on any atom is -0.390 e. The van der Waals surface area contributed by atoms with Crippen LogP contribution in [0.1, 0.15) is 0 Å². The van der Waals surface area contributed by atoms with Crippen molar-refractivity contribution in [2.45, 2.75) is 15.9 Å². The Bertz CT molecular complexity index is 659.